The Bertz CT molecular complexity index is 326. The van der Waals surface area contributed by atoms with Crippen LogP contribution >= 0.6 is 0 Å². The van der Waals surface area contributed by atoms with Crippen LogP contribution in [-0.2, 0) is 0 Å². The van der Waals surface area contributed by atoms with Gasteiger partial charge in [0, 0.05) is 17.4 Å². The van der Waals surface area contributed by atoms with Gasteiger partial charge in [0.15, 0.2) is 0 Å². The molecule has 2 heteroatoms. The van der Waals surface area contributed by atoms with Crippen LogP contribution in [0.25, 0.3) is 0 Å². The molecule has 1 aromatic rings. The Labute approximate surface area is 91.9 Å². The molecule has 0 bridgehead atoms. The van der Waals surface area contributed by atoms with Gasteiger partial charge in [0.25, 0.3) is 0 Å². The van der Waals surface area contributed by atoms with Crippen molar-refractivity contribution < 1.29 is 0 Å². The summed E-state index contributed by atoms with van der Waals surface area (Å²) in [5, 5.41) is 3.57. The SMILES string of the molecule is Cc1cc(N)cc(NC2CCC(C)C2)c1. The number of hydrogen-bond acceptors (Lipinski definition) is 2. The lowest BCUT2D eigenvalue weighted by atomic mass is 10.1. The van der Waals surface area contributed by atoms with Gasteiger partial charge in [-0.3, -0.25) is 0 Å². The predicted molar refractivity (Wildman–Crippen MR) is 66.0 cm³/mol. The molecule has 2 unspecified atom stereocenters. The van der Waals surface area contributed by atoms with Crippen molar-refractivity contribution in [2.45, 2.75) is 39.2 Å². The van der Waals surface area contributed by atoms with Gasteiger partial charge in [-0.2, -0.15) is 0 Å². The molecule has 0 radical (unpaired) electrons. The summed E-state index contributed by atoms with van der Waals surface area (Å²) >= 11 is 0. The number of rotatable bonds is 2. The highest BCUT2D eigenvalue weighted by atomic mass is 14.9. The fourth-order valence-electron chi connectivity index (χ4n) is 2.47. The van der Waals surface area contributed by atoms with Crippen LogP contribution in [0.2, 0.25) is 0 Å². The second-order valence-corrected chi connectivity index (χ2v) is 4.89. The maximum absolute atomic E-state index is 5.82. The highest BCUT2D eigenvalue weighted by molar-refractivity contribution is 5.57. The number of anilines is 2. The topological polar surface area (TPSA) is 38.0 Å². The van der Waals surface area contributed by atoms with Crippen LogP contribution in [-0.4, -0.2) is 6.04 Å². The summed E-state index contributed by atoms with van der Waals surface area (Å²) in [4.78, 5) is 0. The molecule has 1 aliphatic carbocycles. The summed E-state index contributed by atoms with van der Waals surface area (Å²) in [6, 6.07) is 6.83. The van der Waals surface area contributed by atoms with Gasteiger partial charge in [0.2, 0.25) is 0 Å². The zero-order valence-electron chi connectivity index (χ0n) is 9.59. The van der Waals surface area contributed by atoms with Crippen molar-refractivity contribution in [1.82, 2.24) is 0 Å². The Morgan fingerprint density at radius 1 is 1.27 bits per heavy atom. The van der Waals surface area contributed by atoms with Crippen LogP contribution in [0.3, 0.4) is 0 Å². The maximum Gasteiger partial charge on any atom is 0.0365 e. The van der Waals surface area contributed by atoms with Gasteiger partial charge in [-0.15, -0.1) is 0 Å². The highest BCUT2D eigenvalue weighted by Gasteiger charge is 2.20. The van der Waals surface area contributed by atoms with Crippen molar-refractivity contribution >= 4 is 11.4 Å². The average Bonchev–Trinajstić information content (AvgIpc) is 2.49. The first-order valence-electron chi connectivity index (χ1n) is 5.77. The number of aryl methyl sites for hydroxylation is 1. The lowest BCUT2D eigenvalue weighted by molar-refractivity contribution is 0.602. The van der Waals surface area contributed by atoms with Crippen molar-refractivity contribution in [3.05, 3.63) is 23.8 Å². The first kappa shape index (κ1) is 10.3. The van der Waals surface area contributed by atoms with E-state index in [4.69, 9.17) is 5.73 Å². The zero-order chi connectivity index (χ0) is 10.8. The summed E-state index contributed by atoms with van der Waals surface area (Å²) in [6.07, 6.45) is 3.92. The third-order valence-electron chi connectivity index (χ3n) is 3.17. The third-order valence-corrected chi connectivity index (χ3v) is 3.17. The van der Waals surface area contributed by atoms with Crippen molar-refractivity contribution in [2.24, 2.45) is 5.92 Å². The molecule has 82 valence electrons. The van der Waals surface area contributed by atoms with E-state index in [2.05, 4.69) is 25.2 Å². The molecule has 0 saturated heterocycles. The Morgan fingerprint density at radius 2 is 2.07 bits per heavy atom. The third kappa shape index (κ3) is 2.65. The molecule has 2 rings (SSSR count). The van der Waals surface area contributed by atoms with E-state index in [0.29, 0.717) is 6.04 Å². The number of nitrogens with one attached hydrogen (secondary N) is 1. The number of nitrogen functional groups attached to an aromatic ring is 1. The maximum atomic E-state index is 5.82. The van der Waals surface area contributed by atoms with Gasteiger partial charge >= 0.3 is 0 Å². The summed E-state index contributed by atoms with van der Waals surface area (Å²) in [5.74, 6) is 0.865. The second-order valence-electron chi connectivity index (χ2n) is 4.89. The molecule has 0 aliphatic heterocycles. The molecular weight excluding hydrogens is 184 g/mol. The molecule has 0 aromatic heterocycles. The summed E-state index contributed by atoms with van der Waals surface area (Å²) in [5.41, 5.74) is 9.07. The Balaban J connectivity index is 2.04. The minimum atomic E-state index is 0.640. The van der Waals surface area contributed by atoms with E-state index in [-0.39, 0.29) is 0 Å². The van der Waals surface area contributed by atoms with E-state index in [1.54, 1.807) is 0 Å². The van der Waals surface area contributed by atoms with Crippen LogP contribution in [0.1, 0.15) is 31.7 Å². The zero-order valence-corrected chi connectivity index (χ0v) is 9.59. The smallest absolute Gasteiger partial charge is 0.0365 e. The summed E-state index contributed by atoms with van der Waals surface area (Å²) in [6.45, 7) is 4.41. The van der Waals surface area contributed by atoms with E-state index in [1.807, 2.05) is 12.1 Å². The predicted octanol–water partition coefficient (Wildman–Crippen LogP) is 3.18. The minimum absolute atomic E-state index is 0.640. The second kappa shape index (κ2) is 4.13. The van der Waals surface area contributed by atoms with Crippen LogP contribution < -0.4 is 11.1 Å². The quantitative estimate of drug-likeness (QED) is 0.726. The molecule has 15 heavy (non-hydrogen) atoms. The van der Waals surface area contributed by atoms with Gasteiger partial charge in [0.1, 0.15) is 0 Å². The van der Waals surface area contributed by atoms with E-state index < -0.39 is 0 Å². The minimum Gasteiger partial charge on any atom is -0.399 e. The number of nitrogens with two attached hydrogens (primary N) is 1. The largest absolute Gasteiger partial charge is 0.399 e. The van der Waals surface area contributed by atoms with Crippen molar-refractivity contribution in [3.8, 4) is 0 Å². The summed E-state index contributed by atoms with van der Waals surface area (Å²) in [7, 11) is 0. The fraction of sp³-hybridized carbons (Fsp3) is 0.538. The van der Waals surface area contributed by atoms with E-state index in [0.717, 1.165) is 11.6 Å². The Hall–Kier alpha value is -1.18. The molecule has 3 N–H and O–H groups in total. The van der Waals surface area contributed by atoms with Gasteiger partial charge in [-0.05, 0) is 55.9 Å². The van der Waals surface area contributed by atoms with Gasteiger partial charge in [0.05, 0.1) is 0 Å². The van der Waals surface area contributed by atoms with E-state index in [1.165, 1.54) is 30.5 Å². The number of hydrogen-bond donors (Lipinski definition) is 2. The number of benzene rings is 1. The molecule has 1 fully saturated rings. The molecule has 1 aliphatic rings. The standard InChI is InChI=1S/C13H20N2/c1-9-3-4-12(6-9)15-13-7-10(2)5-11(14)8-13/h5,7-9,12,15H,3-4,6,14H2,1-2H3. The average molecular weight is 204 g/mol. The van der Waals surface area contributed by atoms with E-state index >= 15 is 0 Å². The van der Waals surface area contributed by atoms with Crippen molar-refractivity contribution in [3.63, 3.8) is 0 Å². The molecular formula is C13H20N2. The fourth-order valence-corrected chi connectivity index (χ4v) is 2.47. The lowest BCUT2D eigenvalue weighted by Crippen LogP contribution is -2.15. The van der Waals surface area contributed by atoms with Crippen LogP contribution in [0.4, 0.5) is 11.4 Å². The van der Waals surface area contributed by atoms with Gasteiger partial charge in [-0.1, -0.05) is 6.92 Å². The summed E-state index contributed by atoms with van der Waals surface area (Å²) < 4.78 is 0. The van der Waals surface area contributed by atoms with Crippen LogP contribution in [0.15, 0.2) is 18.2 Å². The molecule has 0 amide bonds. The molecule has 0 spiro atoms. The normalized spacial score (nSPS) is 25.5. The Kier molecular flexibility index (Phi) is 2.85. The van der Waals surface area contributed by atoms with E-state index in [9.17, 15) is 0 Å². The molecule has 2 atom stereocenters. The van der Waals surface area contributed by atoms with Gasteiger partial charge < -0.3 is 11.1 Å². The van der Waals surface area contributed by atoms with Gasteiger partial charge in [-0.25, -0.2) is 0 Å². The first-order valence-corrected chi connectivity index (χ1v) is 5.77. The van der Waals surface area contributed by atoms with Crippen molar-refractivity contribution in [2.75, 3.05) is 11.1 Å². The molecule has 1 aromatic carbocycles. The Morgan fingerprint density at radius 3 is 2.67 bits per heavy atom. The lowest BCUT2D eigenvalue weighted by Gasteiger charge is -2.15. The van der Waals surface area contributed by atoms with Crippen LogP contribution in [0, 0.1) is 12.8 Å². The van der Waals surface area contributed by atoms with Crippen LogP contribution in [0.5, 0.6) is 0 Å². The first-order chi connectivity index (χ1) is 7.13. The van der Waals surface area contributed by atoms with Crippen molar-refractivity contribution in [1.29, 1.82) is 0 Å². The molecule has 0 heterocycles. The monoisotopic (exact) mass is 204 g/mol. The molecule has 2 nitrogen and oxygen atoms in total. The highest BCUT2D eigenvalue weighted by Crippen LogP contribution is 2.28. The molecule has 1 saturated carbocycles.